The molecule has 1 heterocycles. The number of rotatable bonds is 16. The molecule has 3 amide bonds. The number of hydrogen-bond acceptors (Lipinski definition) is 9. The quantitative estimate of drug-likeness (QED) is 0.0566. The average Bonchev–Trinajstić information content (AvgIpc) is 3.30. The van der Waals surface area contributed by atoms with Gasteiger partial charge in [0.2, 0.25) is 17.7 Å². The number of hydrogen-bond donors (Lipinski definition) is 10. The van der Waals surface area contributed by atoms with Gasteiger partial charge in [-0.05, 0) is 12.8 Å². The van der Waals surface area contributed by atoms with Crippen LogP contribution in [-0.4, -0.2) is 98.2 Å². The normalized spacial score (nSPS) is 13.9. The molecule has 0 aliphatic heterocycles. The van der Waals surface area contributed by atoms with E-state index in [1.54, 1.807) is 0 Å². The number of aliphatic hydroxyl groups is 1. The molecule has 17 heteroatoms. The second kappa shape index (κ2) is 14.9. The summed E-state index contributed by atoms with van der Waals surface area (Å²) in [5.41, 5.74) is 16.3. The van der Waals surface area contributed by atoms with Gasteiger partial charge in [-0.1, -0.05) is 0 Å². The lowest BCUT2D eigenvalue weighted by Gasteiger charge is -2.24. The molecular formula is C19H31N9O8. The molecule has 0 saturated carbocycles. The van der Waals surface area contributed by atoms with Crippen LogP contribution in [0, 0.1) is 0 Å². The number of nitrogens with zero attached hydrogens (tertiary/aromatic N) is 2. The molecule has 0 radical (unpaired) electrons. The summed E-state index contributed by atoms with van der Waals surface area (Å²) in [5.74, 6) is -5.70. The standard InChI is InChI=1S/C19H31N9O8/c20-10(5-14(30)31)15(32)27-12(4-9-6-23-8-25-9)16(33)28-13(7-29)17(34)26-11(18(35)36)2-1-3-24-19(21)22/h6,8,10-13,29H,1-5,7,20H2,(H,23,25)(H,26,34)(H,27,32)(H,28,33)(H,30,31)(H,35,36)(H4,21,22,24). The van der Waals surface area contributed by atoms with Gasteiger partial charge in [0.1, 0.15) is 18.1 Å². The van der Waals surface area contributed by atoms with E-state index in [1.165, 1.54) is 12.5 Å². The van der Waals surface area contributed by atoms with Gasteiger partial charge in [-0.15, -0.1) is 0 Å². The number of aliphatic carboxylic acids is 2. The van der Waals surface area contributed by atoms with Crippen molar-refractivity contribution >= 4 is 35.6 Å². The highest BCUT2D eigenvalue weighted by molar-refractivity contribution is 5.94. The number of guanidine groups is 1. The Bertz CT molecular complexity index is 933. The number of nitrogens with one attached hydrogen (secondary N) is 4. The van der Waals surface area contributed by atoms with Crippen molar-refractivity contribution in [2.24, 2.45) is 22.2 Å². The number of aliphatic hydroxyl groups excluding tert-OH is 1. The molecule has 0 bridgehead atoms. The molecule has 0 fully saturated rings. The Morgan fingerprint density at radius 3 is 2.14 bits per heavy atom. The number of aromatic amines is 1. The lowest BCUT2D eigenvalue weighted by atomic mass is 10.1. The van der Waals surface area contributed by atoms with Gasteiger partial charge >= 0.3 is 11.9 Å². The second-order valence-corrected chi connectivity index (χ2v) is 7.64. The van der Waals surface area contributed by atoms with Crippen LogP contribution in [0.3, 0.4) is 0 Å². The van der Waals surface area contributed by atoms with Crippen molar-refractivity contribution in [3.8, 4) is 0 Å². The first-order valence-corrected chi connectivity index (χ1v) is 10.7. The molecule has 0 aliphatic carbocycles. The number of amides is 3. The number of aliphatic imine (C=N–C) groups is 1. The Morgan fingerprint density at radius 1 is 1.00 bits per heavy atom. The van der Waals surface area contributed by atoms with E-state index in [-0.39, 0.29) is 31.8 Å². The molecule has 4 unspecified atom stereocenters. The fourth-order valence-corrected chi connectivity index (χ4v) is 2.88. The minimum atomic E-state index is -1.56. The molecule has 17 nitrogen and oxygen atoms in total. The summed E-state index contributed by atoms with van der Waals surface area (Å²) in [6.45, 7) is -0.762. The monoisotopic (exact) mass is 513 g/mol. The fraction of sp³-hybridized carbons (Fsp3) is 0.526. The van der Waals surface area contributed by atoms with Gasteiger partial charge in [0, 0.05) is 24.9 Å². The summed E-state index contributed by atoms with van der Waals surface area (Å²) < 4.78 is 0. The highest BCUT2D eigenvalue weighted by Crippen LogP contribution is 2.03. The van der Waals surface area contributed by atoms with Gasteiger partial charge in [0.25, 0.3) is 0 Å². The van der Waals surface area contributed by atoms with E-state index in [4.69, 9.17) is 22.3 Å². The SMILES string of the molecule is NC(N)=NCCCC(NC(=O)C(CO)NC(=O)C(Cc1cnc[nH]1)NC(=O)C(N)CC(=O)O)C(=O)O. The van der Waals surface area contributed by atoms with Crippen LogP contribution < -0.4 is 33.2 Å². The third kappa shape index (κ3) is 10.8. The third-order valence-corrected chi connectivity index (χ3v) is 4.72. The van der Waals surface area contributed by atoms with Crippen LogP contribution in [0.15, 0.2) is 17.5 Å². The molecule has 0 spiro atoms. The van der Waals surface area contributed by atoms with Crippen molar-refractivity contribution in [3.05, 3.63) is 18.2 Å². The minimum absolute atomic E-state index is 0.0378. The van der Waals surface area contributed by atoms with Crippen molar-refractivity contribution in [1.82, 2.24) is 25.9 Å². The molecule has 1 aromatic rings. The van der Waals surface area contributed by atoms with Crippen LogP contribution in [0.4, 0.5) is 0 Å². The van der Waals surface area contributed by atoms with E-state index in [0.717, 1.165) is 0 Å². The van der Waals surface area contributed by atoms with Crippen molar-refractivity contribution in [1.29, 1.82) is 0 Å². The predicted molar refractivity (Wildman–Crippen MR) is 123 cm³/mol. The molecule has 1 rings (SSSR count). The topological polar surface area (TPSA) is 301 Å². The van der Waals surface area contributed by atoms with Gasteiger partial charge in [0.05, 0.1) is 25.4 Å². The van der Waals surface area contributed by atoms with Gasteiger partial charge < -0.3 is 53.5 Å². The summed E-state index contributed by atoms with van der Waals surface area (Å²) in [4.78, 5) is 70.2. The molecule has 4 atom stereocenters. The van der Waals surface area contributed by atoms with Crippen molar-refractivity contribution in [2.75, 3.05) is 13.2 Å². The van der Waals surface area contributed by atoms with Crippen LogP contribution in [0.2, 0.25) is 0 Å². The van der Waals surface area contributed by atoms with E-state index in [1.807, 2.05) is 0 Å². The third-order valence-electron chi connectivity index (χ3n) is 4.72. The first-order chi connectivity index (χ1) is 16.9. The molecule has 0 saturated heterocycles. The molecule has 13 N–H and O–H groups in total. The first-order valence-electron chi connectivity index (χ1n) is 10.7. The number of nitrogens with two attached hydrogens (primary N) is 3. The maximum Gasteiger partial charge on any atom is 0.326 e. The second-order valence-electron chi connectivity index (χ2n) is 7.64. The van der Waals surface area contributed by atoms with Crippen LogP contribution in [0.5, 0.6) is 0 Å². The fourth-order valence-electron chi connectivity index (χ4n) is 2.88. The Kier molecular flexibility index (Phi) is 12.3. The van der Waals surface area contributed by atoms with E-state index in [9.17, 15) is 34.2 Å². The maximum atomic E-state index is 12.9. The van der Waals surface area contributed by atoms with Crippen LogP contribution in [-0.2, 0) is 30.4 Å². The minimum Gasteiger partial charge on any atom is -0.481 e. The molecular weight excluding hydrogens is 482 g/mol. The zero-order valence-corrected chi connectivity index (χ0v) is 19.2. The number of carboxylic acids is 2. The molecule has 36 heavy (non-hydrogen) atoms. The van der Waals surface area contributed by atoms with Gasteiger partial charge in [-0.2, -0.15) is 0 Å². The van der Waals surface area contributed by atoms with Crippen LogP contribution in [0.1, 0.15) is 25.0 Å². The van der Waals surface area contributed by atoms with E-state index in [2.05, 4.69) is 30.9 Å². The van der Waals surface area contributed by atoms with E-state index in [0.29, 0.717) is 5.69 Å². The van der Waals surface area contributed by atoms with Gasteiger partial charge in [-0.25, -0.2) is 9.78 Å². The summed E-state index contributed by atoms with van der Waals surface area (Å²) >= 11 is 0. The molecule has 1 aromatic heterocycles. The Morgan fingerprint density at radius 2 is 1.61 bits per heavy atom. The summed E-state index contributed by atoms with van der Waals surface area (Å²) in [6.07, 6.45) is 2.06. The van der Waals surface area contributed by atoms with E-state index >= 15 is 0 Å². The highest BCUT2D eigenvalue weighted by atomic mass is 16.4. The van der Waals surface area contributed by atoms with E-state index < -0.39 is 66.9 Å². The van der Waals surface area contributed by atoms with Gasteiger partial charge in [0.15, 0.2) is 5.96 Å². The summed E-state index contributed by atoms with van der Waals surface area (Å²) in [6, 6.07) is -5.71. The largest absolute Gasteiger partial charge is 0.481 e. The van der Waals surface area contributed by atoms with Crippen molar-refractivity contribution in [2.45, 2.75) is 49.9 Å². The van der Waals surface area contributed by atoms with Crippen LogP contribution >= 0.6 is 0 Å². The van der Waals surface area contributed by atoms with Crippen molar-refractivity contribution in [3.63, 3.8) is 0 Å². The highest BCUT2D eigenvalue weighted by Gasteiger charge is 2.30. The smallest absolute Gasteiger partial charge is 0.326 e. The summed E-state index contributed by atoms with van der Waals surface area (Å²) in [7, 11) is 0. The number of carboxylic acid groups (broad SMARTS) is 2. The average molecular weight is 514 g/mol. The zero-order chi connectivity index (χ0) is 27.3. The molecule has 0 aliphatic rings. The Hall–Kier alpha value is -4.25. The number of carbonyl (C=O) groups excluding carboxylic acids is 3. The predicted octanol–water partition coefficient (Wildman–Crippen LogP) is -4.66. The molecule has 0 aromatic carbocycles. The number of carbonyl (C=O) groups is 5. The van der Waals surface area contributed by atoms with Gasteiger partial charge in [-0.3, -0.25) is 24.2 Å². The first kappa shape index (κ1) is 29.8. The van der Waals surface area contributed by atoms with Crippen LogP contribution in [0.25, 0.3) is 0 Å². The van der Waals surface area contributed by atoms with Crippen molar-refractivity contribution < 1.29 is 39.3 Å². The Balaban J connectivity index is 2.88. The zero-order valence-electron chi connectivity index (χ0n) is 19.2. The molecule has 200 valence electrons. The lowest BCUT2D eigenvalue weighted by Crippen LogP contribution is -2.58. The summed E-state index contributed by atoms with van der Waals surface area (Å²) in [5, 5.41) is 34.5. The number of H-pyrrole nitrogens is 1. The maximum absolute atomic E-state index is 12.9. The lowest BCUT2D eigenvalue weighted by molar-refractivity contribution is -0.142. The number of imidazole rings is 1. The Labute approximate surface area is 204 Å². The number of aromatic nitrogens is 2.